The summed E-state index contributed by atoms with van der Waals surface area (Å²) in [5, 5.41) is 2.40. The summed E-state index contributed by atoms with van der Waals surface area (Å²) in [6.45, 7) is 5.90. The minimum absolute atomic E-state index is 0.0107. The van der Waals surface area contributed by atoms with Crippen molar-refractivity contribution in [3.05, 3.63) is 0 Å². The second-order valence-electron chi connectivity index (χ2n) is 4.12. The van der Waals surface area contributed by atoms with Gasteiger partial charge in [-0.25, -0.2) is 19.6 Å². The van der Waals surface area contributed by atoms with Gasteiger partial charge in [-0.3, -0.25) is 4.79 Å². The van der Waals surface area contributed by atoms with E-state index in [1.807, 2.05) is 0 Å². The smallest absolute Gasteiger partial charge is 0.428 e. The van der Waals surface area contributed by atoms with Crippen LogP contribution >= 0.6 is 11.8 Å². The van der Waals surface area contributed by atoms with E-state index in [9.17, 15) is 14.4 Å². The zero-order valence-electron chi connectivity index (χ0n) is 12.0. The van der Waals surface area contributed by atoms with E-state index in [0.717, 1.165) is 0 Å². The van der Waals surface area contributed by atoms with Crippen molar-refractivity contribution in [3.8, 4) is 0 Å². The van der Waals surface area contributed by atoms with Gasteiger partial charge in [-0.1, -0.05) is 11.8 Å². The molecule has 1 fully saturated rings. The van der Waals surface area contributed by atoms with Crippen molar-refractivity contribution in [2.75, 3.05) is 26.3 Å². The highest BCUT2D eigenvalue weighted by Gasteiger charge is 2.35. The maximum atomic E-state index is 11.9. The number of thioether (sulfide) groups is 1. The minimum atomic E-state index is -0.602. The van der Waals surface area contributed by atoms with Crippen molar-refractivity contribution in [2.24, 2.45) is 0 Å². The Labute approximate surface area is 122 Å². The molecule has 2 amide bonds. The fourth-order valence-electron chi connectivity index (χ4n) is 1.86. The number of hydrogen-bond donors (Lipinski definition) is 0. The zero-order valence-corrected chi connectivity index (χ0v) is 12.8. The van der Waals surface area contributed by atoms with Gasteiger partial charge in [0.25, 0.3) is 0 Å². The maximum Gasteiger partial charge on any atom is 0.428 e. The lowest BCUT2D eigenvalue weighted by molar-refractivity contribution is -0.109. The molecule has 1 rings (SSSR count). The topological polar surface area (TPSA) is 76.2 Å². The van der Waals surface area contributed by atoms with Gasteiger partial charge in [0, 0.05) is 18.7 Å². The molecule has 1 unspecified atom stereocenters. The van der Waals surface area contributed by atoms with E-state index in [4.69, 9.17) is 9.47 Å². The van der Waals surface area contributed by atoms with Crippen LogP contribution in [-0.4, -0.2) is 58.9 Å². The number of carbonyl (C=O) groups excluding carboxylic acids is 3. The Hall–Kier alpha value is -1.44. The summed E-state index contributed by atoms with van der Waals surface area (Å²) in [5.74, 6) is 0. The Balaban J connectivity index is 2.76. The second kappa shape index (κ2) is 7.98. The van der Waals surface area contributed by atoms with Crippen LogP contribution in [0.2, 0.25) is 0 Å². The van der Waals surface area contributed by atoms with E-state index < -0.39 is 12.2 Å². The molecule has 0 aromatic rings. The van der Waals surface area contributed by atoms with Crippen molar-refractivity contribution in [1.29, 1.82) is 0 Å². The molecule has 0 aliphatic carbocycles. The summed E-state index contributed by atoms with van der Waals surface area (Å²) >= 11 is 1.17. The summed E-state index contributed by atoms with van der Waals surface area (Å²) in [5.41, 5.74) is 0. The van der Waals surface area contributed by atoms with Gasteiger partial charge in [-0.05, 0) is 20.3 Å². The Kier molecular flexibility index (Phi) is 6.63. The molecule has 0 aromatic heterocycles. The van der Waals surface area contributed by atoms with E-state index in [0.29, 0.717) is 13.0 Å². The molecule has 114 valence electrons. The number of amides is 2. The van der Waals surface area contributed by atoms with Gasteiger partial charge in [0.1, 0.15) is 0 Å². The van der Waals surface area contributed by atoms with Crippen LogP contribution in [0, 0.1) is 0 Å². The van der Waals surface area contributed by atoms with Gasteiger partial charge in [0.15, 0.2) is 5.12 Å². The number of rotatable bonds is 3. The van der Waals surface area contributed by atoms with Gasteiger partial charge in [-0.2, -0.15) is 0 Å². The monoisotopic (exact) mass is 304 g/mol. The highest BCUT2D eigenvalue weighted by molar-refractivity contribution is 8.14. The summed E-state index contributed by atoms with van der Waals surface area (Å²) in [4.78, 5) is 34.9. The second-order valence-corrected chi connectivity index (χ2v) is 5.60. The molecular formula is C12H20N2O5S. The molecule has 7 nitrogen and oxygen atoms in total. The summed E-state index contributed by atoms with van der Waals surface area (Å²) in [7, 11) is 0. The Morgan fingerprint density at radius 3 is 2.15 bits per heavy atom. The van der Waals surface area contributed by atoms with E-state index in [1.54, 1.807) is 13.8 Å². The van der Waals surface area contributed by atoms with E-state index in [2.05, 4.69) is 0 Å². The third-order valence-electron chi connectivity index (χ3n) is 2.62. The maximum absolute atomic E-state index is 11.9. The summed E-state index contributed by atoms with van der Waals surface area (Å²) in [6.07, 6.45) is -0.555. The van der Waals surface area contributed by atoms with Gasteiger partial charge < -0.3 is 9.47 Å². The first-order chi connectivity index (χ1) is 9.49. The molecular weight excluding hydrogens is 284 g/mol. The molecule has 0 N–H and O–H groups in total. The van der Waals surface area contributed by atoms with Crippen LogP contribution in [0.5, 0.6) is 0 Å². The molecule has 1 aliphatic rings. The number of nitrogens with zero attached hydrogens (tertiary/aromatic N) is 2. The molecule has 1 aliphatic heterocycles. The summed E-state index contributed by atoms with van der Waals surface area (Å²) in [6, 6.07) is 0. The summed E-state index contributed by atoms with van der Waals surface area (Å²) < 4.78 is 9.86. The van der Waals surface area contributed by atoms with Crippen molar-refractivity contribution in [1.82, 2.24) is 10.0 Å². The molecule has 1 atom stereocenters. The molecule has 0 saturated carbocycles. The zero-order chi connectivity index (χ0) is 15.1. The molecule has 1 saturated heterocycles. The van der Waals surface area contributed by atoms with E-state index in [-0.39, 0.29) is 30.1 Å². The van der Waals surface area contributed by atoms with Crippen LogP contribution in [-0.2, 0) is 14.3 Å². The molecule has 1 heterocycles. The van der Waals surface area contributed by atoms with Gasteiger partial charge >= 0.3 is 12.2 Å². The first-order valence-corrected chi connectivity index (χ1v) is 7.43. The highest BCUT2D eigenvalue weighted by Crippen LogP contribution is 2.24. The lowest BCUT2D eigenvalue weighted by Crippen LogP contribution is -2.56. The standard InChI is InChI=1S/C12H20N2O5S/c1-4-18-11(16)13-7-6-10(20-9(3)15)8-14(13)12(17)19-5-2/h10H,4-8H2,1-3H3. The van der Waals surface area contributed by atoms with Crippen molar-refractivity contribution >= 4 is 29.1 Å². The third-order valence-corrected chi connectivity index (χ3v) is 3.67. The lowest BCUT2D eigenvalue weighted by atomic mass is 10.2. The van der Waals surface area contributed by atoms with Gasteiger partial charge in [0.2, 0.25) is 0 Å². The van der Waals surface area contributed by atoms with Crippen LogP contribution in [0.3, 0.4) is 0 Å². The Morgan fingerprint density at radius 1 is 1.10 bits per heavy atom. The van der Waals surface area contributed by atoms with Crippen molar-refractivity contribution < 1.29 is 23.9 Å². The number of hydrazine groups is 1. The quantitative estimate of drug-likeness (QED) is 0.792. The minimum Gasteiger partial charge on any atom is -0.448 e. The normalized spacial score (nSPS) is 18.6. The SMILES string of the molecule is CCOC(=O)N1CCC(SC(C)=O)CN1C(=O)OCC. The van der Waals surface area contributed by atoms with Crippen molar-refractivity contribution in [2.45, 2.75) is 32.4 Å². The molecule has 0 aromatic carbocycles. The number of hydrogen-bond acceptors (Lipinski definition) is 6. The largest absolute Gasteiger partial charge is 0.448 e. The molecule has 0 bridgehead atoms. The fraction of sp³-hybridized carbons (Fsp3) is 0.750. The van der Waals surface area contributed by atoms with Gasteiger partial charge in [0.05, 0.1) is 19.8 Å². The van der Waals surface area contributed by atoms with Crippen LogP contribution < -0.4 is 0 Å². The van der Waals surface area contributed by atoms with Gasteiger partial charge in [-0.15, -0.1) is 0 Å². The Morgan fingerprint density at radius 2 is 1.65 bits per heavy atom. The third kappa shape index (κ3) is 4.59. The molecule has 0 spiro atoms. The fourth-order valence-corrected chi connectivity index (χ4v) is 2.77. The first-order valence-electron chi connectivity index (χ1n) is 6.55. The molecule has 8 heteroatoms. The van der Waals surface area contributed by atoms with Crippen LogP contribution in [0.1, 0.15) is 27.2 Å². The first kappa shape index (κ1) is 16.6. The van der Waals surface area contributed by atoms with E-state index >= 15 is 0 Å². The predicted molar refractivity (Wildman–Crippen MR) is 74.1 cm³/mol. The number of carbonyl (C=O) groups is 3. The van der Waals surface area contributed by atoms with Crippen molar-refractivity contribution in [3.63, 3.8) is 0 Å². The predicted octanol–water partition coefficient (Wildman–Crippen LogP) is 1.87. The highest BCUT2D eigenvalue weighted by atomic mass is 32.2. The molecule has 20 heavy (non-hydrogen) atoms. The van der Waals surface area contributed by atoms with E-state index in [1.165, 1.54) is 28.7 Å². The lowest BCUT2D eigenvalue weighted by Gasteiger charge is -2.39. The average molecular weight is 304 g/mol. The van der Waals surface area contributed by atoms with Crippen LogP contribution in [0.4, 0.5) is 9.59 Å². The van der Waals surface area contributed by atoms with Crippen LogP contribution in [0.25, 0.3) is 0 Å². The Bertz CT molecular complexity index is 377. The average Bonchev–Trinajstić information content (AvgIpc) is 2.38. The van der Waals surface area contributed by atoms with Crippen LogP contribution in [0.15, 0.2) is 0 Å². The number of ether oxygens (including phenoxy) is 2. The molecule has 0 radical (unpaired) electrons.